The first kappa shape index (κ1) is 29.8. The number of carbonyl (C=O) groups excluding carboxylic acids is 1. The van der Waals surface area contributed by atoms with E-state index < -0.39 is 11.9 Å². The number of rotatable bonds is 13. The molecule has 7 heteroatoms. The average Bonchev–Trinajstić information content (AvgIpc) is 3.22. The number of fused-ring (bicyclic) bond motifs is 1. The molecule has 0 spiro atoms. The Hall–Kier alpha value is -2.41. The molecule has 0 fully saturated rings. The van der Waals surface area contributed by atoms with E-state index in [4.69, 9.17) is 9.47 Å². The van der Waals surface area contributed by atoms with Gasteiger partial charge in [0, 0.05) is 18.0 Å². The molecule has 0 amide bonds. The Labute approximate surface area is 220 Å². The van der Waals surface area contributed by atoms with Crippen molar-refractivity contribution in [2.75, 3.05) is 19.8 Å². The molecule has 198 valence electrons. The van der Waals surface area contributed by atoms with Gasteiger partial charge in [0.2, 0.25) is 0 Å². The largest absolute Gasteiger partial charge is 0.488 e. The maximum absolute atomic E-state index is 14.3. The van der Waals surface area contributed by atoms with E-state index in [1.165, 1.54) is 17.2 Å². The summed E-state index contributed by atoms with van der Waals surface area (Å²) in [6.45, 7) is 10.4. The van der Waals surface area contributed by atoms with E-state index in [0.29, 0.717) is 24.6 Å². The molecule has 0 aromatic heterocycles. The lowest BCUT2D eigenvalue weighted by Crippen LogP contribution is -2.46. The Balaban J connectivity index is 0.00000456. The van der Waals surface area contributed by atoms with E-state index in [0.717, 1.165) is 19.3 Å². The molecule has 0 aliphatic heterocycles. The number of ether oxygens (including phenoxy) is 2. The van der Waals surface area contributed by atoms with Crippen molar-refractivity contribution in [3.8, 4) is 5.75 Å². The number of carbonyl (C=O) groups is 1. The fraction of sp³-hybridized carbons (Fsp3) is 0.483. The molecule has 2 atom stereocenters. The van der Waals surface area contributed by atoms with Crippen LogP contribution in [0.1, 0.15) is 56.2 Å². The first-order valence-electron chi connectivity index (χ1n) is 12.4. The van der Waals surface area contributed by atoms with Crippen LogP contribution in [-0.2, 0) is 22.4 Å². The molecule has 2 aromatic rings. The molecule has 0 saturated carbocycles. The first-order chi connectivity index (χ1) is 16.7. The van der Waals surface area contributed by atoms with Crippen LogP contribution < -0.4 is 10.1 Å². The Bertz CT molecular complexity index is 988. The van der Waals surface area contributed by atoms with Crippen molar-refractivity contribution in [1.82, 2.24) is 5.32 Å². The fourth-order valence-corrected chi connectivity index (χ4v) is 4.83. The van der Waals surface area contributed by atoms with Gasteiger partial charge in [0.1, 0.15) is 12.7 Å². The standard InChI is InChI=1S/C29H38FNO4.ClH/c1-5-21(16-28(33)34-6-2)24-11-12-26(30)27(15-24)35-19-25(32)18-31-29(3,4)17-20-13-22-9-7-8-10-23(22)14-20;/h5,7-12,15,20-21,25,31-32H,1,6,13-14,16-19H2,2-4H3;1H/t21?,25-;/m1./s1. The van der Waals surface area contributed by atoms with Gasteiger partial charge in [-0.05, 0) is 74.8 Å². The van der Waals surface area contributed by atoms with Crippen LogP contribution in [0.15, 0.2) is 55.1 Å². The predicted molar refractivity (Wildman–Crippen MR) is 143 cm³/mol. The summed E-state index contributed by atoms with van der Waals surface area (Å²) in [4.78, 5) is 11.9. The lowest BCUT2D eigenvalue weighted by Gasteiger charge is -2.30. The minimum absolute atomic E-state index is 0. The van der Waals surface area contributed by atoms with Gasteiger partial charge in [-0.2, -0.15) is 0 Å². The summed E-state index contributed by atoms with van der Waals surface area (Å²) in [7, 11) is 0. The van der Waals surface area contributed by atoms with Crippen molar-refractivity contribution in [3.05, 3.63) is 77.6 Å². The van der Waals surface area contributed by atoms with Gasteiger partial charge < -0.3 is 19.9 Å². The summed E-state index contributed by atoms with van der Waals surface area (Å²) >= 11 is 0. The summed E-state index contributed by atoms with van der Waals surface area (Å²) < 4.78 is 25.0. The zero-order valence-corrected chi connectivity index (χ0v) is 22.3. The number of esters is 1. The van der Waals surface area contributed by atoms with Crippen molar-refractivity contribution in [1.29, 1.82) is 0 Å². The number of hydrogen-bond acceptors (Lipinski definition) is 5. The van der Waals surface area contributed by atoms with Crippen LogP contribution in [-0.4, -0.2) is 42.5 Å². The number of nitrogens with one attached hydrogen (secondary N) is 1. The number of halogens is 2. The van der Waals surface area contributed by atoms with Crippen LogP contribution in [0.4, 0.5) is 4.39 Å². The SMILES string of the molecule is C=CC(CC(=O)OCC)c1ccc(F)c(OC[C@H](O)CNC(C)(C)CC2Cc3ccccc3C2)c1.Cl. The highest BCUT2D eigenvalue weighted by molar-refractivity contribution is 5.85. The molecule has 0 bridgehead atoms. The average molecular weight is 520 g/mol. The van der Waals surface area contributed by atoms with Crippen molar-refractivity contribution >= 4 is 18.4 Å². The lowest BCUT2D eigenvalue weighted by atomic mass is 9.88. The maximum Gasteiger partial charge on any atom is 0.306 e. The predicted octanol–water partition coefficient (Wildman–Crippen LogP) is 5.38. The van der Waals surface area contributed by atoms with E-state index in [9.17, 15) is 14.3 Å². The van der Waals surface area contributed by atoms with Crippen LogP contribution in [0.2, 0.25) is 0 Å². The van der Waals surface area contributed by atoms with E-state index in [2.05, 4.69) is 50.0 Å². The summed E-state index contributed by atoms with van der Waals surface area (Å²) in [6.07, 6.45) is 4.13. The van der Waals surface area contributed by atoms with Gasteiger partial charge in [0.05, 0.1) is 13.0 Å². The number of aliphatic hydroxyl groups is 1. The van der Waals surface area contributed by atoms with Gasteiger partial charge in [-0.1, -0.05) is 36.4 Å². The Morgan fingerprint density at radius 2 is 1.92 bits per heavy atom. The smallest absolute Gasteiger partial charge is 0.306 e. The monoisotopic (exact) mass is 519 g/mol. The van der Waals surface area contributed by atoms with E-state index in [1.807, 2.05) is 0 Å². The number of β-amino-alcohol motifs (C(OH)–C–C–N with tert-alkyl or cyclic N) is 1. The van der Waals surface area contributed by atoms with Crippen LogP contribution in [0, 0.1) is 11.7 Å². The summed E-state index contributed by atoms with van der Waals surface area (Å²) in [5, 5.41) is 13.9. The van der Waals surface area contributed by atoms with Gasteiger partial charge in [0.25, 0.3) is 0 Å². The molecular weight excluding hydrogens is 481 g/mol. The third kappa shape index (κ3) is 8.61. The van der Waals surface area contributed by atoms with Crippen LogP contribution >= 0.6 is 12.4 Å². The topological polar surface area (TPSA) is 67.8 Å². The normalized spacial score (nSPS) is 14.9. The fourth-order valence-electron chi connectivity index (χ4n) is 4.83. The lowest BCUT2D eigenvalue weighted by molar-refractivity contribution is -0.143. The molecule has 0 saturated heterocycles. The van der Waals surface area contributed by atoms with Gasteiger partial charge in [-0.25, -0.2) is 4.39 Å². The molecule has 2 N–H and O–H groups in total. The zero-order valence-electron chi connectivity index (χ0n) is 21.5. The molecule has 1 unspecified atom stereocenters. The van der Waals surface area contributed by atoms with Crippen molar-refractivity contribution in [2.45, 2.75) is 64.0 Å². The highest BCUT2D eigenvalue weighted by Gasteiger charge is 2.28. The number of aliphatic hydroxyl groups excluding tert-OH is 1. The molecule has 5 nitrogen and oxygen atoms in total. The Morgan fingerprint density at radius 3 is 2.53 bits per heavy atom. The van der Waals surface area contributed by atoms with Gasteiger partial charge >= 0.3 is 5.97 Å². The molecule has 36 heavy (non-hydrogen) atoms. The van der Waals surface area contributed by atoms with Gasteiger partial charge in [-0.15, -0.1) is 19.0 Å². The maximum atomic E-state index is 14.3. The van der Waals surface area contributed by atoms with Gasteiger partial charge in [-0.3, -0.25) is 4.79 Å². The number of allylic oxidation sites excluding steroid dienone is 1. The minimum atomic E-state index is -0.798. The van der Waals surface area contributed by atoms with Crippen LogP contribution in [0.25, 0.3) is 0 Å². The van der Waals surface area contributed by atoms with E-state index >= 15 is 0 Å². The van der Waals surface area contributed by atoms with Crippen molar-refractivity contribution < 1.29 is 23.8 Å². The number of hydrogen-bond donors (Lipinski definition) is 2. The molecule has 1 aliphatic carbocycles. The minimum Gasteiger partial charge on any atom is -0.488 e. The Kier molecular flexibility index (Phi) is 11.4. The zero-order chi connectivity index (χ0) is 25.4. The van der Waals surface area contributed by atoms with E-state index in [1.54, 1.807) is 25.1 Å². The molecule has 0 heterocycles. The molecular formula is C29H39ClFNO4. The van der Waals surface area contributed by atoms with Crippen molar-refractivity contribution in [2.24, 2.45) is 5.92 Å². The quantitative estimate of drug-likeness (QED) is 0.274. The van der Waals surface area contributed by atoms with E-state index in [-0.39, 0.29) is 48.6 Å². The Morgan fingerprint density at radius 1 is 1.25 bits per heavy atom. The van der Waals surface area contributed by atoms with Crippen LogP contribution in [0.5, 0.6) is 5.75 Å². The number of benzene rings is 2. The third-order valence-corrected chi connectivity index (χ3v) is 6.54. The molecule has 3 rings (SSSR count). The van der Waals surface area contributed by atoms with Gasteiger partial charge in [0.15, 0.2) is 11.6 Å². The molecule has 0 radical (unpaired) electrons. The first-order valence-corrected chi connectivity index (χ1v) is 12.4. The molecule has 1 aliphatic rings. The van der Waals surface area contributed by atoms with Crippen LogP contribution in [0.3, 0.4) is 0 Å². The highest BCUT2D eigenvalue weighted by atomic mass is 35.5. The molecule has 2 aromatic carbocycles. The van der Waals surface area contributed by atoms with Crippen molar-refractivity contribution in [3.63, 3.8) is 0 Å². The highest BCUT2D eigenvalue weighted by Crippen LogP contribution is 2.32. The summed E-state index contributed by atoms with van der Waals surface area (Å²) in [5.74, 6) is -0.553. The summed E-state index contributed by atoms with van der Waals surface area (Å²) in [6, 6.07) is 13.1. The third-order valence-electron chi connectivity index (χ3n) is 6.54. The second-order valence-corrected chi connectivity index (χ2v) is 10.0. The second kappa shape index (κ2) is 13.8. The second-order valence-electron chi connectivity index (χ2n) is 10.0. The summed E-state index contributed by atoms with van der Waals surface area (Å²) in [5.41, 5.74) is 3.43.